The molecule has 0 radical (unpaired) electrons. The van der Waals surface area contributed by atoms with E-state index in [0.29, 0.717) is 16.8 Å². The van der Waals surface area contributed by atoms with Crippen molar-refractivity contribution >= 4 is 11.6 Å². The Labute approximate surface area is 127 Å². The maximum atomic E-state index is 12.6. The molecule has 0 atom stereocenters. The average Bonchev–Trinajstić information content (AvgIpc) is 2.96. The highest BCUT2D eigenvalue weighted by Gasteiger charge is 2.27. The zero-order valence-electron chi connectivity index (χ0n) is 11.9. The third-order valence-corrected chi connectivity index (χ3v) is 3.37. The summed E-state index contributed by atoms with van der Waals surface area (Å²) in [5, 5.41) is 3.79. The molecule has 0 aliphatic heterocycles. The summed E-state index contributed by atoms with van der Waals surface area (Å²) in [6, 6.07) is 17.5. The van der Waals surface area contributed by atoms with Crippen LogP contribution in [0.4, 0.5) is 0 Å². The summed E-state index contributed by atoms with van der Waals surface area (Å²) >= 11 is 0. The third kappa shape index (κ3) is 2.46. The van der Waals surface area contributed by atoms with E-state index in [1.54, 1.807) is 55.5 Å². The number of ketones is 2. The number of aryl methyl sites for hydroxylation is 1. The predicted octanol–water partition coefficient (Wildman–Crippen LogP) is 3.45. The molecule has 0 aliphatic carbocycles. The van der Waals surface area contributed by atoms with Crippen LogP contribution >= 0.6 is 0 Å². The maximum Gasteiger partial charge on any atom is 0.231 e. The van der Waals surface area contributed by atoms with Gasteiger partial charge in [0.15, 0.2) is 5.78 Å². The molecule has 22 heavy (non-hydrogen) atoms. The standard InChI is InChI=1S/C18H13NO3/c1-12-15(16(20)13-8-4-2-5-9-13)18(22-19-12)17(21)14-10-6-3-7-11-14/h2-11H,1H3. The maximum absolute atomic E-state index is 12.6. The molecule has 1 heterocycles. The highest BCUT2D eigenvalue weighted by atomic mass is 16.5. The highest BCUT2D eigenvalue weighted by Crippen LogP contribution is 2.21. The predicted molar refractivity (Wildman–Crippen MR) is 81.0 cm³/mol. The lowest BCUT2D eigenvalue weighted by Gasteiger charge is -2.02. The average molecular weight is 291 g/mol. The van der Waals surface area contributed by atoms with E-state index in [9.17, 15) is 9.59 Å². The quantitative estimate of drug-likeness (QED) is 0.691. The van der Waals surface area contributed by atoms with Crippen LogP contribution in [-0.2, 0) is 0 Å². The number of hydrogen-bond donors (Lipinski definition) is 0. The van der Waals surface area contributed by atoms with E-state index in [2.05, 4.69) is 5.16 Å². The van der Waals surface area contributed by atoms with Gasteiger partial charge in [-0.15, -0.1) is 0 Å². The largest absolute Gasteiger partial charge is 0.352 e. The van der Waals surface area contributed by atoms with E-state index in [1.165, 1.54) is 0 Å². The summed E-state index contributed by atoms with van der Waals surface area (Å²) in [5.74, 6) is -0.628. The van der Waals surface area contributed by atoms with Gasteiger partial charge in [0.05, 0.1) is 11.3 Å². The van der Waals surface area contributed by atoms with Gasteiger partial charge in [0, 0.05) is 11.1 Å². The second kappa shape index (κ2) is 5.77. The lowest BCUT2D eigenvalue weighted by molar-refractivity contribution is 0.0978. The Hall–Kier alpha value is -3.01. The minimum absolute atomic E-state index is 0.0162. The molecule has 0 unspecified atom stereocenters. The molecule has 108 valence electrons. The number of carbonyl (C=O) groups excluding carboxylic acids is 2. The lowest BCUT2D eigenvalue weighted by Crippen LogP contribution is -2.10. The summed E-state index contributed by atoms with van der Waals surface area (Å²) in [5.41, 5.74) is 1.59. The van der Waals surface area contributed by atoms with Gasteiger partial charge in [-0.1, -0.05) is 65.8 Å². The van der Waals surface area contributed by atoms with Crippen molar-refractivity contribution in [3.05, 3.63) is 88.8 Å². The Morgan fingerprint density at radius 2 is 1.32 bits per heavy atom. The highest BCUT2D eigenvalue weighted by molar-refractivity contribution is 6.18. The Kier molecular flexibility index (Phi) is 3.66. The monoisotopic (exact) mass is 291 g/mol. The van der Waals surface area contributed by atoms with Crippen LogP contribution in [-0.4, -0.2) is 16.7 Å². The number of aromatic nitrogens is 1. The SMILES string of the molecule is Cc1noc(C(=O)c2ccccc2)c1C(=O)c1ccccc1. The van der Waals surface area contributed by atoms with Gasteiger partial charge in [-0.2, -0.15) is 0 Å². The molecule has 0 amide bonds. The van der Waals surface area contributed by atoms with E-state index in [4.69, 9.17) is 4.52 Å². The van der Waals surface area contributed by atoms with Gasteiger partial charge < -0.3 is 4.52 Å². The molecular weight excluding hydrogens is 278 g/mol. The van der Waals surface area contributed by atoms with Gasteiger partial charge >= 0.3 is 0 Å². The molecule has 0 saturated heterocycles. The van der Waals surface area contributed by atoms with Crippen LogP contribution in [0.2, 0.25) is 0 Å². The van der Waals surface area contributed by atoms with Gasteiger partial charge in [0.1, 0.15) is 0 Å². The zero-order valence-corrected chi connectivity index (χ0v) is 11.9. The second-order valence-corrected chi connectivity index (χ2v) is 4.86. The summed E-state index contributed by atoms with van der Waals surface area (Å²) < 4.78 is 5.13. The van der Waals surface area contributed by atoms with Crippen molar-refractivity contribution in [2.24, 2.45) is 0 Å². The van der Waals surface area contributed by atoms with Crippen LogP contribution in [0.25, 0.3) is 0 Å². The smallest absolute Gasteiger partial charge is 0.231 e. The lowest BCUT2D eigenvalue weighted by atomic mass is 9.98. The van der Waals surface area contributed by atoms with Crippen molar-refractivity contribution in [3.63, 3.8) is 0 Å². The van der Waals surface area contributed by atoms with Gasteiger partial charge in [-0.05, 0) is 6.92 Å². The molecule has 0 spiro atoms. The van der Waals surface area contributed by atoms with E-state index >= 15 is 0 Å². The molecule has 0 fully saturated rings. The van der Waals surface area contributed by atoms with Gasteiger partial charge in [0.2, 0.25) is 11.5 Å². The van der Waals surface area contributed by atoms with Crippen LogP contribution in [0.15, 0.2) is 65.2 Å². The van der Waals surface area contributed by atoms with Gasteiger partial charge in [-0.3, -0.25) is 9.59 Å². The first-order valence-electron chi connectivity index (χ1n) is 6.84. The minimum Gasteiger partial charge on any atom is -0.352 e. The Bertz CT molecular complexity index is 820. The Morgan fingerprint density at radius 3 is 1.86 bits per heavy atom. The first-order valence-corrected chi connectivity index (χ1v) is 6.84. The van der Waals surface area contributed by atoms with Gasteiger partial charge in [0.25, 0.3) is 0 Å². The molecular formula is C18H13NO3. The molecule has 4 heteroatoms. The van der Waals surface area contributed by atoms with Gasteiger partial charge in [-0.25, -0.2) is 0 Å². The summed E-state index contributed by atoms with van der Waals surface area (Å²) in [7, 11) is 0. The van der Waals surface area contributed by atoms with Crippen LogP contribution < -0.4 is 0 Å². The van der Waals surface area contributed by atoms with Crippen molar-refractivity contribution in [2.75, 3.05) is 0 Å². The molecule has 1 aromatic heterocycles. The number of nitrogens with zero attached hydrogens (tertiary/aromatic N) is 1. The van der Waals surface area contributed by atoms with E-state index in [-0.39, 0.29) is 22.9 Å². The molecule has 0 N–H and O–H groups in total. The van der Waals surface area contributed by atoms with E-state index < -0.39 is 0 Å². The Balaban J connectivity index is 2.05. The van der Waals surface area contributed by atoms with E-state index in [0.717, 1.165) is 0 Å². The Morgan fingerprint density at radius 1 is 0.818 bits per heavy atom. The summed E-state index contributed by atoms with van der Waals surface area (Å²) in [6.45, 7) is 1.65. The molecule has 0 aliphatic rings. The van der Waals surface area contributed by atoms with Crippen molar-refractivity contribution in [3.8, 4) is 0 Å². The molecule has 0 saturated carbocycles. The fourth-order valence-electron chi connectivity index (χ4n) is 2.25. The number of hydrogen-bond acceptors (Lipinski definition) is 4. The minimum atomic E-state index is -0.347. The fourth-order valence-corrected chi connectivity index (χ4v) is 2.25. The van der Waals surface area contributed by atoms with Crippen LogP contribution in [0, 0.1) is 6.92 Å². The number of benzene rings is 2. The molecule has 4 nitrogen and oxygen atoms in total. The molecule has 3 aromatic rings. The van der Waals surface area contributed by atoms with Crippen molar-refractivity contribution in [1.82, 2.24) is 5.16 Å². The van der Waals surface area contributed by atoms with Crippen LogP contribution in [0.1, 0.15) is 37.7 Å². The van der Waals surface area contributed by atoms with Crippen molar-refractivity contribution in [1.29, 1.82) is 0 Å². The first-order chi connectivity index (χ1) is 10.7. The molecule has 3 rings (SSSR count). The number of carbonyl (C=O) groups is 2. The van der Waals surface area contributed by atoms with E-state index in [1.807, 2.05) is 12.1 Å². The molecule has 0 bridgehead atoms. The second-order valence-electron chi connectivity index (χ2n) is 4.86. The topological polar surface area (TPSA) is 60.2 Å². The normalized spacial score (nSPS) is 10.4. The zero-order chi connectivity index (χ0) is 15.5. The molecule has 2 aromatic carbocycles. The summed E-state index contributed by atoms with van der Waals surface area (Å²) in [6.07, 6.45) is 0. The van der Waals surface area contributed by atoms with Crippen LogP contribution in [0.5, 0.6) is 0 Å². The number of rotatable bonds is 4. The summed E-state index contributed by atoms with van der Waals surface area (Å²) in [4.78, 5) is 25.2. The fraction of sp³-hybridized carbons (Fsp3) is 0.0556. The van der Waals surface area contributed by atoms with Crippen molar-refractivity contribution < 1.29 is 14.1 Å². The van der Waals surface area contributed by atoms with Crippen molar-refractivity contribution in [2.45, 2.75) is 6.92 Å². The third-order valence-electron chi connectivity index (χ3n) is 3.37. The first kappa shape index (κ1) is 13.9. The van der Waals surface area contributed by atoms with Crippen LogP contribution in [0.3, 0.4) is 0 Å².